The van der Waals surface area contributed by atoms with Gasteiger partial charge in [0.2, 0.25) is 0 Å². The van der Waals surface area contributed by atoms with Crippen LogP contribution in [-0.2, 0) is 25.5 Å². The number of carbonyl (C=O) groups excluding carboxylic acids is 2. The fourth-order valence-electron chi connectivity index (χ4n) is 1.76. The Morgan fingerprint density at radius 1 is 1.10 bits per heavy atom. The second-order valence-electron chi connectivity index (χ2n) is 4.32. The van der Waals surface area contributed by atoms with Crippen LogP contribution < -0.4 is 0 Å². The molecule has 0 saturated carbocycles. The van der Waals surface area contributed by atoms with Crippen molar-refractivity contribution in [2.24, 2.45) is 0 Å². The van der Waals surface area contributed by atoms with Crippen LogP contribution in [0.25, 0.3) is 0 Å². The normalized spacial score (nSPS) is 10.6. The summed E-state index contributed by atoms with van der Waals surface area (Å²) in [6.45, 7) is 1.80. The van der Waals surface area contributed by atoms with Crippen LogP contribution in [0.5, 0.6) is 0 Å². The van der Waals surface area contributed by atoms with Crippen molar-refractivity contribution in [1.29, 1.82) is 0 Å². The smallest absolute Gasteiger partial charge is 0.306 e. The number of furan rings is 1. The molecule has 1 rings (SSSR count). The summed E-state index contributed by atoms with van der Waals surface area (Å²) in [5.74, 6) is 0.364. The summed E-state index contributed by atoms with van der Waals surface area (Å²) in [5.41, 5.74) is 0. The second kappa shape index (κ2) is 9.14. The van der Waals surface area contributed by atoms with E-state index in [-0.39, 0.29) is 11.9 Å². The number of carbonyl (C=O) groups is 2. The van der Waals surface area contributed by atoms with Crippen LogP contribution in [0.1, 0.15) is 18.6 Å². The van der Waals surface area contributed by atoms with E-state index in [9.17, 15) is 9.59 Å². The summed E-state index contributed by atoms with van der Waals surface area (Å²) in [4.78, 5) is 24.4. The standard InChI is InChI=1S/C14H21NO5/c1-18-13(16)6-9-15(10-7-14(17)19-2)8-5-12-4-3-11-20-12/h3-4,11H,5-10H2,1-2H3. The van der Waals surface area contributed by atoms with Crippen LogP contribution in [0.3, 0.4) is 0 Å². The highest BCUT2D eigenvalue weighted by molar-refractivity contribution is 5.70. The van der Waals surface area contributed by atoms with Crippen molar-refractivity contribution in [3.63, 3.8) is 0 Å². The van der Waals surface area contributed by atoms with Gasteiger partial charge in [0, 0.05) is 26.1 Å². The molecule has 0 saturated heterocycles. The van der Waals surface area contributed by atoms with Gasteiger partial charge in [-0.3, -0.25) is 9.59 Å². The average molecular weight is 283 g/mol. The van der Waals surface area contributed by atoms with Gasteiger partial charge in [-0.25, -0.2) is 0 Å². The predicted molar refractivity (Wildman–Crippen MR) is 72.1 cm³/mol. The quantitative estimate of drug-likeness (QED) is 0.635. The zero-order valence-electron chi connectivity index (χ0n) is 12.0. The van der Waals surface area contributed by atoms with E-state index < -0.39 is 0 Å². The largest absolute Gasteiger partial charge is 0.469 e. The number of nitrogens with zero attached hydrogens (tertiary/aromatic N) is 1. The fourth-order valence-corrected chi connectivity index (χ4v) is 1.76. The highest BCUT2D eigenvalue weighted by atomic mass is 16.5. The summed E-state index contributed by atoms with van der Waals surface area (Å²) in [6.07, 6.45) is 2.96. The van der Waals surface area contributed by atoms with Gasteiger partial charge in [-0.15, -0.1) is 0 Å². The van der Waals surface area contributed by atoms with E-state index >= 15 is 0 Å². The Labute approximate surface area is 118 Å². The molecule has 0 aliphatic rings. The molecule has 6 heteroatoms. The monoisotopic (exact) mass is 283 g/mol. The zero-order valence-corrected chi connectivity index (χ0v) is 12.0. The molecule has 6 nitrogen and oxygen atoms in total. The van der Waals surface area contributed by atoms with Crippen molar-refractivity contribution in [2.45, 2.75) is 19.3 Å². The first-order valence-electron chi connectivity index (χ1n) is 6.54. The van der Waals surface area contributed by atoms with E-state index in [1.165, 1.54) is 14.2 Å². The van der Waals surface area contributed by atoms with E-state index in [4.69, 9.17) is 4.42 Å². The highest BCUT2D eigenvalue weighted by Crippen LogP contribution is 2.04. The Balaban J connectivity index is 2.40. The Kier molecular flexibility index (Phi) is 7.42. The predicted octanol–water partition coefficient (Wildman–Crippen LogP) is 1.25. The summed E-state index contributed by atoms with van der Waals surface area (Å²) < 4.78 is 14.5. The molecule has 1 aromatic heterocycles. The maximum atomic E-state index is 11.2. The summed E-state index contributed by atoms with van der Waals surface area (Å²) in [7, 11) is 2.73. The van der Waals surface area contributed by atoms with Crippen LogP contribution in [0.2, 0.25) is 0 Å². The molecule has 0 radical (unpaired) electrons. The molecule has 0 unspecified atom stereocenters. The fraction of sp³-hybridized carbons (Fsp3) is 0.571. The number of rotatable bonds is 9. The van der Waals surface area contributed by atoms with Crippen LogP contribution in [0.4, 0.5) is 0 Å². The molecule has 0 atom stereocenters. The molecule has 0 N–H and O–H groups in total. The molecule has 1 heterocycles. The van der Waals surface area contributed by atoms with Gasteiger partial charge in [0.1, 0.15) is 5.76 Å². The van der Waals surface area contributed by atoms with E-state index in [1.807, 2.05) is 17.0 Å². The van der Waals surface area contributed by atoms with Gasteiger partial charge in [-0.2, -0.15) is 0 Å². The Hall–Kier alpha value is -1.82. The molecular formula is C14H21NO5. The second-order valence-corrected chi connectivity index (χ2v) is 4.32. The lowest BCUT2D eigenvalue weighted by Crippen LogP contribution is -2.31. The first-order valence-corrected chi connectivity index (χ1v) is 6.54. The molecule has 0 aliphatic heterocycles. The molecule has 0 aromatic carbocycles. The van der Waals surface area contributed by atoms with Crippen molar-refractivity contribution in [1.82, 2.24) is 4.90 Å². The number of ether oxygens (including phenoxy) is 2. The summed E-state index contributed by atoms with van der Waals surface area (Å²) in [5, 5.41) is 0. The number of hydrogen-bond donors (Lipinski definition) is 0. The van der Waals surface area contributed by atoms with Crippen LogP contribution in [0, 0.1) is 0 Å². The SMILES string of the molecule is COC(=O)CCN(CCC(=O)OC)CCc1ccco1. The van der Waals surface area contributed by atoms with Gasteiger partial charge in [0.15, 0.2) is 0 Å². The topological polar surface area (TPSA) is 69.0 Å². The van der Waals surface area contributed by atoms with Gasteiger partial charge >= 0.3 is 11.9 Å². The van der Waals surface area contributed by atoms with Crippen molar-refractivity contribution >= 4 is 11.9 Å². The molecular weight excluding hydrogens is 262 g/mol. The van der Waals surface area contributed by atoms with Gasteiger partial charge in [-0.05, 0) is 12.1 Å². The molecule has 0 fully saturated rings. The van der Waals surface area contributed by atoms with Crippen molar-refractivity contribution in [2.75, 3.05) is 33.9 Å². The maximum Gasteiger partial charge on any atom is 0.306 e. The molecule has 0 bridgehead atoms. The van der Waals surface area contributed by atoms with E-state index in [1.54, 1.807) is 6.26 Å². The van der Waals surface area contributed by atoms with Gasteiger partial charge < -0.3 is 18.8 Å². The molecule has 1 aromatic rings. The van der Waals surface area contributed by atoms with E-state index in [0.29, 0.717) is 32.5 Å². The molecule has 0 spiro atoms. The van der Waals surface area contributed by atoms with Gasteiger partial charge in [0.25, 0.3) is 0 Å². The summed E-state index contributed by atoms with van der Waals surface area (Å²) in [6, 6.07) is 3.74. The third-order valence-electron chi connectivity index (χ3n) is 2.97. The van der Waals surface area contributed by atoms with E-state index in [0.717, 1.165) is 12.2 Å². The Morgan fingerprint density at radius 2 is 1.70 bits per heavy atom. The lowest BCUT2D eigenvalue weighted by molar-refractivity contribution is -0.141. The molecule has 0 aliphatic carbocycles. The van der Waals surface area contributed by atoms with Crippen molar-refractivity contribution in [3.8, 4) is 0 Å². The number of methoxy groups -OCH3 is 2. The van der Waals surface area contributed by atoms with Gasteiger partial charge in [-0.1, -0.05) is 0 Å². The first-order chi connectivity index (χ1) is 9.65. The minimum Gasteiger partial charge on any atom is -0.469 e. The third-order valence-corrected chi connectivity index (χ3v) is 2.97. The molecule has 112 valence electrons. The maximum absolute atomic E-state index is 11.2. The van der Waals surface area contributed by atoms with Crippen LogP contribution >= 0.6 is 0 Å². The number of esters is 2. The van der Waals surface area contributed by atoms with Gasteiger partial charge in [0.05, 0.1) is 33.3 Å². The van der Waals surface area contributed by atoms with Crippen LogP contribution in [0.15, 0.2) is 22.8 Å². The Bertz CT molecular complexity index is 382. The third kappa shape index (κ3) is 6.38. The lowest BCUT2D eigenvalue weighted by Gasteiger charge is -2.20. The Morgan fingerprint density at radius 3 is 2.15 bits per heavy atom. The highest BCUT2D eigenvalue weighted by Gasteiger charge is 2.11. The molecule has 20 heavy (non-hydrogen) atoms. The average Bonchev–Trinajstić information content (AvgIpc) is 2.98. The summed E-state index contributed by atoms with van der Waals surface area (Å²) >= 11 is 0. The first kappa shape index (κ1) is 16.2. The van der Waals surface area contributed by atoms with Crippen molar-refractivity contribution < 1.29 is 23.5 Å². The van der Waals surface area contributed by atoms with Crippen molar-refractivity contribution in [3.05, 3.63) is 24.2 Å². The minimum atomic E-state index is -0.258. The van der Waals surface area contributed by atoms with E-state index in [2.05, 4.69) is 9.47 Å². The lowest BCUT2D eigenvalue weighted by atomic mass is 10.2. The zero-order chi connectivity index (χ0) is 14.8. The molecule has 0 amide bonds. The number of hydrogen-bond acceptors (Lipinski definition) is 6. The van der Waals surface area contributed by atoms with Crippen LogP contribution in [-0.4, -0.2) is 50.7 Å². The minimum absolute atomic E-state index is 0.258.